The number of sulfonamides is 1. The lowest BCUT2D eigenvalue weighted by atomic mass is 10.2. The first kappa shape index (κ1) is 20.2. The maximum atomic E-state index is 13.1. The fourth-order valence-electron chi connectivity index (χ4n) is 3.21. The summed E-state index contributed by atoms with van der Waals surface area (Å²) in [5, 5.41) is 4.17. The van der Waals surface area contributed by atoms with Crippen molar-refractivity contribution >= 4 is 10.0 Å². The van der Waals surface area contributed by atoms with Crippen molar-refractivity contribution in [3.8, 4) is 0 Å². The quantitative estimate of drug-likeness (QED) is 0.654. The van der Waals surface area contributed by atoms with Gasteiger partial charge in [-0.3, -0.25) is 4.68 Å². The van der Waals surface area contributed by atoms with E-state index in [2.05, 4.69) is 14.8 Å². The van der Waals surface area contributed by atoms with Crippen molar-refractivity contribution in [2.24, 2.45) is 7.05 Å². The number of benzene rings is 1. The molecule has 0 aliphatic rings. The van der Waals surface area contributed by atoms with Gasteiger partial charge in [0.15, 0.2) is 0 Å². The first-order chi connectivity index (χ1) is 13.2. The number of hydrogen-bond donors (Lipinski definition) is 1. The Morgan fingerprint density at radius 3 is 2.43 bits per heavy atom. The standard InChI is InChI=1S/C19H24FN5O2S/c1-13-11-21-18(25(13)12-16-5-7-17(20)8-6-16)9-10-22-28(26,27)19-14(2)23-24(4)15(19)3/h5-8,11,22H,9-10,12H2,1-4H3. The van der Waals surface area contributed by atoms with Gasteiger partial charge in [0.05, 0.1) is 11.4 Å². The van der Waals surface area contributed by atoms with Gasteiger partial charge in [0.2, 0.25) is 10.0 Å². The molecular weight excluding hydrogens is 381 g/mol. The van der Waals surface area contributed by atoms with E-state index in [0.29, 0.717) is 24.4 Å². The number of aryl methyl sites for hydroxylation is 3. The predicted molar refractivity (Wildman–Crippen MR) is 104 cm³/mol. The fourth-order valence-corrected chi connectivity index (χ4v) is 4.68. The highest BCUT2D eigenvalue weighted by atomic mass is 32.2. The van der Waals surface area contributed by atoms with Crippen LogP contribution >= 0.6 is 0 Å². The zero-order chi connectivity index (χ0) is 20.5. The molecule has 0 bridgehead atoms. The largest absolute Gasteiger partial charge is 0.328 e. The Balaban J connectivity index is 1.71. The second-order valence-electron chi connectivity index (χ2n) is 6.80. The lowest BCUT2D eigenvalue weighted by Gasteiger charge is -2.11. The summed E-state index contributed by atoms with van der Waals surface area (Å²) >= 11 is 0. The van der Waals surface area contributed by atoms with Gasteiger partial charge < -0.3 is 4.57 Å². The van der Waals surface area contributed by atoms with Crippen molar-refractivity contribution in [2.45, 2.75) is 38.6 Å². The Morgan fingerprint density at radius 1 is 1.14 bits per heavy atom. The molecular formula is C19H24FN5O2S. The maximum absolute atomic E-state index is 13.1. The molecule has 3 rings (SSSR count). The van der Waals surface area contributed by atoms with Gasteiger partial charge in [0.1, 0.15) is 16.5 Å². The van der Waals surface area contributed by atoms with Gasteiger partial charge in [-0.25, -0.2) is 22.5 Å². The number of imidazole rings is 1. The highest BCUT2D eigenvalue weighted by Crippen LogP contribution is 2.18. The van der Waals surface area contributed by atoms with E-state index in [4.69, 9.17) is 0 Å². The SMILES string of the molecule is Cc1nn(C)c(C)c1S(=O)(=O)NCCc1ncc(C)n1Cc1ccc(F)cc1. The molecule has 0 unspecified atom stereocenters. The van der Waals surface area contributed by atoms with Crippen LogP contribution in [-0.2, 0) is 30.0 Å². The first-order valence-corrected chi connectivity index (χ1v) is 10.4. The van der Waals surface area contributed by atoms with Crippen molar-refractivity contribution in [1.82, 2.24) is 24.1 Å². The van der Waals surface area contributed by atoms with Crippen LogP contribution in [0, 0.1) is 26.6 Å². The minimum absolute atomic E-state index is 0.218. The summed E-state index contributed by atoms with van der Waals surface area (Å²) in [6.07, 6.45) is 2.19. The Bertz CT molecular complexity index is 1080. The van der Waals surface area contributed by atoms with Gasteiger partial charge in [0.25, 0.3) is 0 Å². The highest BCUT2D eigenvalue weighted by Gasteiger charge is 2.23. The van der Waals surface area contributed by atoms with Crippen molar-refractivity contribution < 1.29 is 12.8 Å². The lowest BCUT2D eigenvalue weighted by molar-refractivity contribution is 0.577. The molecule has 2 heterocycles. The Morgan fingerprint density at radius 2 is 1.82 bits per heavy atom. The molecule has 0 saturated carbocycles. The summed E-state index contributed by atoms with van der Waals surface area (Å²) in [6, 6.07) is 6.31. The fraction of sp³-hybridized carbons (Fsp3) is 0.368. The molecule has 0 amide bonds. The van der Waals surface area contributed by atoms with Crippen molar-refractivity contribution in [2.75, 3.05) is 6.54 Å². The third-order valence-electron chi connectivity index (χ3n) is 4.74. The van der Waals surface area contributed by atoms with E-state index in [0.717, 1.165) is 17.1 Å². The molecule has 150 valence electrons. The Kier molecular flexibility index (Phi) is 5.66. The van der Waals surface area contributed by atoms with Crippen molar-refractivity contribution in [1.29, 1.82) is 0 Å². The molecule has 0 aliphatic heterocycles. The van der Waals surface area contributed by atoms with Crippen LogP contribution in [0.5, 0.6) is 0 Å². The van der Waals surface area contributed by atoms with Crippen LogP contribution in [0.1, 0.15) is 28.5 Å². The third-order valence-corrected chi connectivity index (χ3v) is 6.46. The third kappa shape index (κ3) is 4.15. The summed E-state index contributed by atoms with van der Waals surface area (Å²) in [5.74, 6) is 0.492. The molecule has 2 aromatic heterocycles. The second kappa shape index (κ2) is 7.84. The molecule has 1 aromatic carbocycles. The monoisotopic (exact) mass is 405 g/mol. The first-order valence-electron chi connectivity index (χ1n) is 8.94. The number of rotatable bonds is 7. The molecule has 0 radical (unpaired) electrons. The number of nitrogens with one attached hydrogen (secondary N) is 1. The van der Waals surface area contributed by atoms with E-state index in [1.807, 2.05) is 11.5 Å². The van der Waals surface area contributed by atoms with Crippen LogP contribution in [-0.4, -0.2) is 34.3 Å². The van der Waals surface area contributed by atoms with Gasteiger partial charge in [-0.05, 0) is 38.5 Å². The minimum atomic E-state index is -3.65. The molecule has 7 nitrogen and oxygen atoms in total. The molecule has 0 spiro atoms. The predicted octanol–water partition coefficient (Wildman–Crippen LogP) is 2.25. The summed E-state index contributed by atoms with van der Waals surface area (Å²) in [5.41, 5.74) is 2.98. The molecule has 0 fully saturated rings. The molecule has 0 saturated heterocycles. The maximum Gasteiger partial charge on any atom is 0.244 e. The molecule has 3 aromatic rings. The van der Waals surface area contributed by atoms with E-state index >= 15 is 0 Å². The summed E-state index contributed by atoms with van der Waals surface area (Å²) < 4.78 is 44.6. The zero-order valence-electron chi connectivity index (χ0n) is 16.4. The minimum Gasteiger partial charge on any atom is -0.328 e. The normalized spacial score (nSPS) is 11.9. The average Bonchev–Trinajstić information content (AvgIpc) is 3.09. The number of nitrogens with zero attached hydrogens (tertiary/aromatic N) is 4. The highest BCUT2D eigenvalue weighted by molar-refractivity contribution is 7.89. The molecule has 0 aliphatic carbocycles. The van der Waals surface area contributed by atoms with Crippen molar-refractivity contribution in [3.63, 3.8) is 0 Å². The van der Waals surface area contributed by atoms with Gasteiger partial charge in [-0.1, -0.05) is 12.1 Å². The smallest absolute Gasteiger partial charge is 0.244 e. The zero-order valence-corrected chi connectivity index (χ0v) is 17.2. The Hall–Kier alpha value is -2.52. The van der Waals surface area contributed by atoms with Gasteiger partial charge in [0, 0.05) is 38.4 Å². The molecule has 1 N–H and O–H groups in total. The summed E-state index contributed by atoms with van der Waals surface area (Å²) in [6.45, 7) is 6.12. The Labute approximate surface area is 164 Å². The number of hydrogen-bond acceptors (Lipinski definition) is 4. The lowest BCUT2D eigenvalue weighted by Crippen LogP contribution is -2.27. The summed E-state index contributed by atoms with van der Waals surface area (Å²) in [4.78, 5) is 4.62. The van der Waals surface area contributed by atoms with Gasteiger partial charge in [-0.15, -0.1) is 0 Å². The van der Waals surface area contributed by atoms with Crippen LogP contribution in [0.25, 0.3) is 0 Å². The van der Waals surface area contributed by atoms with Crippen molar-refractivity contribution in [3.05, 3.63) is 64.7 Å². The van der Waals surface area contributed by atoms with E-state index in [-0.39, 0.29) is 17.3 Å². The number of halogens is 1. The van der Waals surface area contributed by atoms with Crippen LogP contribution in [0.2, 0.25) is 0 Å². The number of aromatic nitrogens is 4. The topological polar surface area (TPSA) is 81.8 Å². The van der Waals surface area contributed by atoms with Crippen LogP contribution in [0.15, 0.2) is 35.4 Å². The van der Waals surface area contributed by atoms with E-state index in [1.54, 1.807) is 43.9 Å². The molecule has 0 atom stereocenters. The van der Waals surface area contributed by atoms with Gasteiger partial charge in [-0.2, -0.15) is 5.10 Å². The molecule has 28 heavy (non-hydrogen) atoms. The van der Waals surface area contributed by atoms with E-state index in [1.165, 1.54) is 12.1 Å². The van der Waals surface area contributed by atoms with E-state index < -0.39 is 10.0 Å². The second-order valence-corrected chi connectivity index (χ2v) is 8.50. The van der Waals surface area contributed by atoms with Crippen LogP contribution in [0.3, 0.4) is 0 Å². The summed E-state index contributed by atoms with van der Waals surface area (Å²) in [7, 11) is -1.93. The van der Waals surface area contributed by atoms with Gasteiger partial charge >= 0.3 is 0 Å². The average molecular weight is 405 g/mol. The van der Waals surface area contributed by atoms with E-state index in [9.17, 15) is 12.8 Å². The van der Waals surface area contributed by atoms with Crippen LogP contribution in [0.4, 0.5) is 4.39 Å². The molecule has 9 heteroatoms. The van der Waals surface area contributed by atoms with Crippen LogP contribution < -0.4 is 4.72 Å².